The van der Waals surface area contributed by atoms with Crippen molar-refractivity contribution in [2.45, 2.75) is 34.6 Å². The molecule has 360 valence electrons. The van der Waals surface area contributed by atoms with Crippen molar-refractivity contribution in [3.05, 3.63) is 277 Å². The third-order valence-corrected chi connectivity index (χ3v) is 14.1. The molecule has 0 spiro atoms. The Bertz CT molecular complexity index is 4130. The van der Waals surface area contributed by atoms with E-state index in [9.17, 15) is 0 Å². The van der Waals surface area contributed by atoms with Crippen molar-refractivity contribution >= 4 is 43.4 Å². The van der Waals surface area contributed by atoms with Gasteiger partial charge in [0.1, 0.15) is 11.6 Å². The molecule has 13 aromatic rings. The van der Waals surface area contributed by atoms with Gasteiger partial charge in [-0.2, -0.15) is 0 Å². The van der Waals surface area contributed by atoms with E-state index in [2.05, 4.69) is 229 Å². The number of rotatable bonds is 6. The SMILES string of the molecule is Cc1cc(-c2ccccc2)cc(-c2ccc(-c3ccc4c(C)c(C)c5ccccc5c4c3)cc2)c1.Cc1nc(-c2ccc(-c3ccccc3)cc2)c2ccccc2n1.Cc1nc(-c2ccccc2)c2ccccc2n1. The van der Waals surface area contributed by atoms with Crippen LogP contribution in [0, 0.1) is 34.6 Å². The van der Waals surface area contributed by atoms with E-state index < -0.39 is 0 Å². The second-order valence-electron chi connectivity index (χ2n) is 19.2. The Hall–Kier alpha value is -9.38. The van der Waals surface area contributed by atoms with E-state index in [0.29, 0.717) is 0 Å². The monoisotopic (exact) mass is 964 g/mol. The Labute approximate surface area is 439 Å². The van der Waals surface area contributed by atoms with Gasteiger partial charge in [-0.05, 0) is 142 Å². The molecular weight excluding hydrogens is 909 g/mol. The zero-order valence-electron chi connectivity index (χ0n) is 43.0. The van der Waals surface area contributed by atoms with Crippen molar-refractivity contribution in [1.82, 2.24) is 19.9 Å². The van der Waals surface area contributed by atoms with Crippen LogP contribution in [0.2, 0.25) is 0 Å². The maximum absolute atomic E-state index is 4.66. The molecule has 0 aliphatic carbocycles. The van der Waals surface area contributed by atoms with E-state index in [0.717, 1.165) is 56.0 Å². The van der Waals surface area contributed by atoms with Crippen LogP contribution in [0.1, 0.15) is 28.3 Å². The van der Waals surface area contributed by atoms with Crippen molar-refractivity contribution in [2.24, 2.45) is 0 Å². The molecule has 0 amide bonds. The standard InChI is InChI=1S/C35H28.C21H16N2.C15H12N2/c1-23-19-30(26-9-5-4-6-10-26)21-31(20-23)28-15-13-27(14-16-28)29-17-18-33-25(3)24(2)32-11-7-8-12-34(32)35(33)22-29;1-15-22-20-10-6-5-9-19(20)21(23-15)18-13-11-17(12-14-18)16-7-3-2-4-8-16;1-11-16-14-10-6-5-9-13(14)15(17-11)12-7-3-2-4-8-12/h4-22H,1-3H3;2-14H,1H3;2-10H,1H3. The second-order valence-corrected chi connectivity index (χ2v) is 19.2. The normalized spacial score (nSPS) is 11.0. The van der Waals surface area contributed by atoms with Crippen LogP contribution in [-0.4, -0.2) is 19.9 Å². The van der Waals surface area contributed by atoms with Gasteiger partial charge in [0.25, 0.3) is 0 Å². The van der Waals surface area contributed by atoms with Gasteiger partial charge >= 0.3 is 0 Å². The number of fused-ring (bicyclic) bond motifs is 5. The van der Waals surface area contributed by atoms with Crippen LogP contribution in [0.4, 0.5) is 0 Å². The summed E-state index contributed by atoms with van der Waals surface area (Å²) in [7, 11) is 0. The lowest BCUT2D eigenvalue weighted by molar-refractivity contribution is 1.10. The van der Waals surface area contributed by atoms with Crippen molar-refractivity contribution in [2.75, 3.05) is 0 Å². The van der Waals surface area contributed by atoms with Crippen LogP contribution in [0.3, 0.4) is 0 Å². The molecule has 4 nitrogen and oxygen atoms in total. The zero-order chi connectivity index (χ0) is 51.3. The Kier molecular flexibility index (Phi) is 13.7. The van der Waals surface area contributed by atoms with Gasteiger partial charge in [0, 0.05) is 21.9 Å². The zero-order valence-corrected chi connectivity index (χ0v) is 43.0. The third kappa shape index (κ3) is 10.3. The van der Waals surface area contributed by atoms with E-state index in [-0.39, 0.29) is 0 Å². The summed E-state index contributed by atoms with van der Waals surface area (Å²) in [4.78, 5) is 18.2. The van der Waals surface area contributed by atoms with Gasteiger partial charge in [0.05, 0.1) is 22.4 Å². The minimum absolute atomic E-state index is 0.797. The first-order valence-corrected chi connectivity index (χ1v) is 25.6. The van der Waals surface area contributed by atoms with Gasteiger partial charge in [-0.25, -0.2) is 19.9 Å². The molecule has 13 rings (SSSR count). The van der Waals surface area contributed by atoms with Gasteiger partial charge in [0.15, 0.2) is 0 Å². The van der Waals surface area contributed by atoms with Gasteiger partial charge in [-0.1, -0.05) is 224 Å². The second kappa shape index (κ2) is 21.4. The van der Waals surface area contributed by atoms with Crippen molar-refractivity contribution in [3.63, 3.8) is 0 Å². The molecule has 0 unspecified atom stereocenters. The van der Waals surface area contributed by atoms with Gasteiger partial charge in [-0.15, -0.1) is 0 Å². The fourth-order valence-corrected chi connectivity index (χ4v) is 10.2. The van der Waals surface area contributed by atoms with E-state index in [1.165, 1.54) is 82.7 Å². The molecule has 0 radical (unpaired) electrons. The first-order chi connectivity index (χ1) is 36.7. The van der Waals surface area contributed by atoms with Crippen molar-refractivity contribution in [1.29, 1.82) is 0 Å². The van der Waals surface area contributed by atoms with Crippen LogP contribution in [0.15, 0.2) is 249 Å². The molecular formula is C71H56N4. The van der Waals surface area contributed by atoms with Crippen LogP contribution in [0.25, 0.3) is 110 Å². The Balaban J connectivity index is 0.000000129. The number of benzene rings is 11. The number of aryl methyl sites for hydroxylation is 5. The predicted molar refractivity (Wildman–Crippen MR) is 317 cm³/mol. The summed E-state index contributed by atoms with van der Waals surface area (Å²) in [5.41, 5.74) is 20.2. The Morgan fingerprint density at radius 3 is 1.05 bits per heavy atom. The largest absolute Gasteiger partial charge is 0.233 e. The van der Waals surface area contributed by atoms with Crippen LogP contribution in [-0.2, 0) is 0 Å². The summed E-state index contributed by atoms with van der Waals surface area (Å²) in [6, 6.07) is 87.6. The molecule has 0 atom stereocenters. The van der Waals surface area contributed by atoms with E-state index in [1.807, 2.05) is 74.5 Å². The lowest BCUT2D eigenvalue weighted by Gasteiger charge is -2.14. The van der Waals surface area contributed by atoms with Crippen LogP contribution >= 0.6 is 0 Å². The Morgan fingerprint density at radius 2 is 0.547 bits per heavy atom. The summed E-state index contributed by atoms with van der Waals surface area (Å²) in [5.74, 6) is 1.60. The van der Waals surface area contributed by atoms with Crippen molar-refractivity contribution < 1.29 is 0 Å². The summed E-state index contributed by atoms with van der Waals surface area (Å²) in [6.07, 6.45) is 0. The molecule has 2 aromatic heterocycles. The molecule has 75 heavy (non-hydrogen) atoms. The molecule has 4 heteroatoms. The molecule has 2 heterocycles. The highest BCUT2D eigenvalue weighted by Crippen LogP contribution is 2.37. The van der Waals surface area contributed by atoms with Crippen LogP contribution in [0.5, 0.6) is 0 Å². The Morgan fingerprint density at radius 1 is 0.213 bits per heavy atom. The number of para-hydroxylation sites is 2. The number of nitrogens with zero attached hydrogens (tertiary/aromatic N) is 4. The molecule has 0 aliphatic rings. The number of hydrogen-bond donors (Lipinski definition) is 0. The van der Waals surface area contributed by atoms with E-state index >= 15 is 0 Å². The molecule has 0 aliphatic heterocycles. The van der Waals surface area contributed by atoms with Gasteiger partial charge < -0.3 is 0 Å². The third-order valence-electron chi connectivity index (χ3n) is 14.1. The minimum atomic E-state index is 0.797. The number of aromatic nitrogens is 4. The average Bonchev–Trinajstić information content (AvgIpc) is 3.47. The quantitative estimate of drug-likeness (QED) is 0.156. The summed E-state index contributed by atoms with van der Waals surface area (Å²) < 4.78 is 0. The highest BCUT2D eigenvalue weighted by atomic mass is 14.9. The topological polar surface area (TPSA) is 51.6 Å². The fraction of sp³-hybridized carbons (Fsp3) is 0.0704. The maximum atomic E-state index is 4.66. The van der Waals surface area contributed by atoms with Gasteiger partial charge in [0.2, 0.25) is 0 Å². The minimum Gasteiger partial charge on any atom is -0.233 e. The first-order valence-electron chi connectivity index (χ1n) is 25.6. The molecule has 0 bridgehead atoms. The van der Waals surface area contributed by atoms with Crippen LogP contribution < -0.4 is 0 Å². The summed E-state index contributed by atoms with van der Waals surface area (Å²) in [5, 5.41) is 7.54. The smallest absolute Gasteiger partial charge is 0.126 e. The highest BCUT2D eigenvalue weighted by molar-refractivity contribution is 6.11. The van der Waals surface area contributed by atoms with Crippen molar-refractivity contribution in [3.8, 4) is 67.0 Å². The van der Waals surface area contributed by atoms with E-state index in [1.54, 1.807) is 0 Å². The molecule has 0 saturated carbocycles. The molecule has 0 fully saturated rings. The molecule has 11 aromatic carbocycles. The predicted octanol–water partition coefficient (Wildman–Crippen LogP) is 18.8. The van der Waals surface area contributed by atoms with E-state index in [4.69, 9.17) is 0 Å². The highest BCUT2D eigenvalue weighted by Gasteiger charge is 2.12. The fourth-order valence-electron chi connectivity index (χ4n) is 10.2. The molecule has 0 N–H and O–H groups in total. The number of hydrogen-bond acceptors (Lipinski definition) is 4. The lowest BCUT2D eigenvalue weighted by atomic mass is 9.90. The molecule has 0 saturated heterocycles. The maximum Gasteiger partial charge on any atom is 0.126 e. The summed E-state index contributed by atoms with van der Waals surface area (Å²) >= 11 is 0. The average molecular weight is 965 g/mol. The summed E-state index contributed by atoms with van der Waals surface area (Å²) in [6.45, 7) is 10.5. The van der Waals surface area contributed by atoms with Gasteiger partial charge in [-0.3, -0.25) is 0 Å². The first kappa shape index (κ1) is 47.9. The lowest BCUT2D eigenvalue weighted by Crippen LogP contribution is -1.93.